The molecule has 1 aliphatic heterocycles. The molecule has 0 radical (unpaired) electrons. The lowest BCUT2D eigenvalue weighted by atomic mass is 9.79. The summed E-state index contributed by atoms with van der Waals surface area (Å²) in [5.41, 5.74) is 1.11. The largest absolute Gasteiger partial charge is 0.410 e. The van der Waals surface area contributed by atoms with Crippen LogP contribution in [0.2, 0.25) is 0 Å². The number of ether oxygens (including phenoxy) is 1. The van der Waals surface area contributed by atoms with E-state index < -0.39 is 54.4 Å². The van der Waals surface area contributed by atoms with E-state index in [9.17, 15) is 27.2 Å². The lowest BCUT2D eigenvalue weighted by Crippen LogP contribution is -2.63. The van der Waals surface area contributed by atoms with Gasteiger partial charge >= 0.3 is 6.09 Å². The van der Waals surface area contributed by atoms with Crippen LogP contribution in [0.1, 0.15) is 18.4 Å². The van der Waals surface area contributed by atoms with Gasteiger partial charge in [0, 0.05) is 18.4 Å². The molecule has 2 rings (SSSR count). The van der Waals surface area contributed by atoms with Crippen LogP contribution in [-0.4, -0.2) is 24.6 Å². The maximum absolute atomic E-state index is 14.2. The van der Waals surface area contributed by atoms with Gasteiger partial charge in [-0.2, -0.15) is 0 Å². The van der Waals surface area contributed by atoms with Gasteiger partial charge in [-0.15, -0.1) is 0 Å². The summed E-state index contributed by atoms with van der Waals surface area (Å²) in [6.45, 7) is -1.73. The Morgan fingerprint density at radius 3 is 2.68 bits per heavy atom. The molecule has 1 heterocycles. The normalized spacial score (nSPS) is 23.7. The van der Waals surface area contributed by atoms with E-state index >= 15 is 0 Å². The van der Waals surface area contributed by atoms with Crippen molar-refractivity contribution in [2.75, 3.05) is 6.67 Å². The number of nitrogens with two attached hydrogens (primary N) is 1. The van der Waals surface area contributed by atoms with E-state index in [1.807, 2.05) is 5.32 Å². The number of amides is 2. The number of rotatable bonds is 3. The van der Waals surface area contributed by atoms with Gasteiger partial charge in [-0.1, -0.05) is 0 Å². The molecule has 3 N–H and O–H groups in total. The first kappa shape index (κ1) is 16.1. The molecule has 1 atom stereocenters. The summed E-state index contributed by atoms with van der Waals surface area (Å²) < 4.78 is 60.3. The molecule has 0 unspecified atom stereocenters. The molecule has 9 heteroatoms. The summed E-state index contributed by atoms with van der Waals surface area (Å²) in [7, 11) is 0. The van der Waals surface area contributed by atoms with Crippen LogP contribution in [0.4, 0.5) is 22.4 Å². The molecule has 1 aromatic carbocycles. The molecular formula is C13H12F4N2O3. The van der Waals surface area contributed by atoms with Crippen LogP contribution in [-0.2, 0) is 10.3 Å². The number of alkyl halides is 3. The van der Waals surface area contributed by atoms with Gasteiger partial charge in [0.05, 0.1) is 0 Å². The molecule has 5 nitrogen and oxygen atoms in total. The number of halogens is 4. The fourth-order valence-corrected chi connectivity index (χ4v) is 2.35. The number of carbonyl (C=O) groups excluding carboxylic acids is 2. The molecule has 1 aliphatic rings. The van der Waals surface area contributed by atoms with Gasteiger partial charge in [0.1, 0.15) is 18.2 Å². The van der Waals surface area contributed by atoms with E-state index in [1.165, 1.54) is 0 Å². The van der Waals surface area contributed by atoms with Gasteiger partial charge in [-0.25, -0.2) is 22.4 Å². The van der Waals surface area contributed by atoms with Crippen molar-refractivity contribution < 1.29 is 31.9 Å². The lowest BCUT2D eigenvalue weighted by molar-refractivity contribution is -0.156. The average Bonchev–Trinajstić information content (AvgIpc) is 2.43. The van der Waals surface area contributed by atoms with Gasteiger partial charge in [0.25, 0.3) is 5.92 Å². The molecular weight excluding hydrogens is 308 g/mol. The monoisotopic (exact) mass is 320 g/mol. The van der Waals surface area contributed by atoms with E-state index in [2.05, 4.69) is 4.74 Å². The SMILES string of the molecule is NC(=O)Oc1ccc(F)c([C@@]2(CF)NC(=O)CCC2(F)F)c1. The Labute approximate surface area is 122 Å². The lowest BCUT2D eigenvalue weighted by Gasteiger charge is -2.42. The minimum atomic E-state index is -3.72. The quantitative estimate of drug-likeness (QED) is 0.836. The van der Waals surface area contributed by atoms with Crippen molar-refractivity contribution >= 4 is 12.0 Å². The van der Waals surface area contributed by atoms with Crippen LogP contribution in [0.25, 0.3) is 0 Å². The molecule has 2 amide bonds. The molecule has 1 saturated heterocycles. The molecule has 0 bridgehead atoms. The van der Waals surface area contributed by atoms with Crippen LogP contribution < -0.4 is 15.8 Å². The number of piperidine rings is 1. The summed E-state index contributed by atoms with van der Waals surface area (Å²) >= 11 is 0. The van der Waals surface area contributed by atoms with E-state index in [-0.39, 0.29) is 5.75 Å². The molecule has 120 valence electrons. The van der Waals surface area contributed by atoms with Crippen LogP contribution in [0.15, 0.2) is 18.2 Å². The Bertz CT molecular complexity index is 623. The molecule has 0 aromatic heterocycles. The van der Waals surface area contributed by atoms with Crippen LogP contribution in [0.5, 0.6) is 5.75 Å². The van der Waals surface area contributed by atoms with Gasteiger partial charge in [0.15, 0.2) is 5.54 Å². The van der Waals surface area contributed by atoms with E-state index in [1.54, 1.807) is 0 Å². The second kappa shape index (κ2) is 5.47. The van der Waals surface area contributed by atoms with Crippen molar-refractivity contribution in [3.8, 4) is 5.75 Å². The molecule has 22 heavy (non-hydrogen) atoms. The smallest absolute Gasteiger partial charge is 0.409 e. The van der Waals surface area contributed by atoms with Crippen molar-refractivity contribution in [2.24, 2.45) is 5.73 Å². The van der Waals surface area contributed by atoms with Crippen molar-refractivity contribution in [1.29, 1.82) is 0 Å². The third kappa shape index (κ3) is 2.58. The Balaban J connectivity index is 2.58. The predicted molar refractivity (Wildman–Crippen MR) is 66.6 cm³/mol. The summed E-state index contributed by atoms with van der Waals surface area (Å²) in [5.74, 6) is -6.06. The van der Waals surface area contributed by atoms with Crippen molar-refractivity contribution in [3.63, 3.8) is 0 Å². The highest BCUT2D eigenvalue weighted by Gasteiger charge is 2.59. The summed E-state index contributed by atoms with van der Waals surface area (Å²) in [4.78, 5) is 22.1. The number of primary amides is 1. The minimum absolute atomic E-state index is 0.340. The molecule has 0 spiro atoms. The van der Waals surface area contributed by atoms with Crippen molar-refractivity contribution in [3.05, 3.63) is 29.6 Å². The standard InChI is InChI=1S/C13H12F4N2O3/c14-6-12(13(16,17)4-3-10(20)19-12)8-5-7(22-11(18)21)1-2-9(8)15/h1-2,5H,3-4,6H2,(H2,18,21)(H,19,20)/t12-/m1/s1. The average molecular weight is 320 g/mol. The maximum atomic E-state index is 14.2. The first-order chi connectivity index (χ1) is 10.2. The van der Waals surface area contributed by atoms with Gasteiger partial charge < -0.3 is 15.8 Å². The maximum Gasteiger partial charge on any atom is 0.409 e. The fraction of sp³-hybridized carbons (Fsp3) is 0.385. The Hall–Kier alpha value is -2.32. The number of benzene rings is 1. The Kier molecular flexibility index (Phi) is 3.99. The number of carbonyl (C=O) groups is 2. The van der Waals surface area contributed by atoms with Gasteiger partial charge in [-0.3, -0.25) is 4.79 Å². The fourth-order valence-electron chi connectivity index (χ4n) is 2.35. The zero-order valence-electron chi connectivity index (χ0n) is 11.2. The third-order valence-electron chi connectivity index (χ3n) is 3.46. The second-order valence-corrected chi connectivity index (χ2v) is 4.85. The zero-order chi connectivity index (χ0) is 16.5. The highest BCUT2D eigenvalue weighted by atomic mass is 19.3. The van der Waals surface area contributed by atoms with Crippen molar-refractivity contribution in [1.82, 2.24) is 5.32 Å². The van der Waals surface area contributed by atoms with Gasteiger partial charge in [-0.05, 0) is 18.2 Å². The van der Waals surface area contributed by atoms with Gasteiger partial charge in [0.2, 0.25) is 5.91 Å². The first-order valence-corrected chi connectivity index (χ1v) is 6.24. The van der Waals surface area contributed by atoms with Crippen molar-refractivity contribution in [2.45, 2.75) is 24.3 Å². The Morgan fingerprint density at radius 2 is 2.09 bits per heavy atom. The third-order valence-corrected chi connectivity index (χ3v) is 3.46. The summed E-state index contributed by atoms with van der Waals surface area (Å²) in [6.07, 6.45) is -2.68. The first-order valence-electron chi connectivity index (χ1n) is 6.24. The number of hydrogen-bond donors (Lipinski definition) is 2. The van der Waals surface area contributed by atoms with E-state index in [0.717, 1.165) is 18.2 Å². The second-order valence-electron chi connectivity index (χ2n) is 4.85. The predicted octanol–water partition coefficient (Wildman–Crippen LogP) is 1.99. The number of hydrogen-bond acceptors (Lipinski definition) is 3. The van der Waals surface area contributed by atoms with E-state index in [4.69, 9.17) is 5.73 Å². The zero-order valence-corrected chi connectivity index (χ0v) is 11.2. The number of nitrogens with one attached hydrogen (secondary N) is 1. The van der Waals surface area contributed by atoms with Crippen LogP contribution >= 0.6 is 0 Å². The van der Waals surface area contributed by atoms with Crippen LogP contribution in [0, 0.1) is 5.82 Å². The molecule has 1 fully saturated rings. The van der Waals surface area contributed by atoms with Crippen LogP contribution in [0.3, 0.4) is 0 Å². The Morgan fingerprint density at radius 1 is 1.41 bits per heavy atom. The highest BCUT2D eigenvalue weighted by molar-refractivity contribution is 5.79. The molecule has 0 saturated carbocycles. The summed E-state index contributed by atoms with van der Waals surface area (Å²) in [5, 5.41) is 1.83. The summed E-state index contributed by atoms with van der Waals surface area (Å²) in [6, 6.07) is 2.42. The molecule has 0 aliphatic carbocycles. The van der Waals surface area contributed by atoms with E-state index in [0.29, 0.717) is 0 Å². The highest BCUT2D eigenvalue weighted by Crippen LogP contribution is 2.45. The topological polar surface area (TPSA) is 81.4 Å². The minimum Gasteiger partial charge on any atom is -0.410 e. The molecule has 1 aromatic rings.